The van der Waals surface area contributed by atoms with Crippen molar-refractivity contribution < 1.29 is 9.59 Å². The molecule has 0 atom stereocenters. The van der Waals surface area contributed by atoms with Crippen LogP contribution in [0.4, 0.5) is 4.79 Å². The van der Waals surface area contributed by atoms with Crippen LogP contribution in [-0.4, -0.2) is 76.1 Å². The quantitative estimate of drug-likeness (QED) is 0.613. The Morgan fingerprint density at radius 1 is 1.08 bits per heavy atom. The molecule has 2 aromatic rings. The van der Waals surface area contributed by atoms with E-state index in [-0.39, 0.29) is 29.6 Å². The van der Waals surface area contributed by atoms with Gasteiger partial charge in [0.15, 0.2) is 0 Å². The fourth-order valence-corrected chi connectivity index (χ4v) is 6.36. The first-order valence-electron chi connectivity index (χ1n) is 13.2. The number of rotatable bonds is 8. The van der Waals surface area contributed by atoms with Crippen molar-refractivity contribution in [3.05, 3.63) is 59.9 Å². The molecule has 1 saturated heterocycles. The number of nitrogens with zero attached hydrogens (tertiary/aromatic N) is 5. The third-order valence-electron chi connectivity index (χ3n) is 8.87. The second kappa shape index (κ2) is 10.2. The van der Waals surface area contributed by atoms with Crippen LogP contribution in [0, 0.1) is 5.92 Å². The first kappa shape index (κ1) is 24.7. The Kier molecular flexibility index (Phi) is 6.97. The molecule has 3 fully saturated rings. The molecule has 1 aromatic heterocycles. The number of amides is 3. The third-order valence-corrected chi connectivity index (χ3v) is 8.87. The highest BCUT2D eigenvalue weighted by molar-refractivity contribution is 5.86. The van der Waals surface area contributed by atoms with E-state index in [0.29, 0.717) is 19.0 Å². The van der Waals surface area contributed by atoms with Crippen molar-refractivity contribution >= 4 is 11.9 Å². The van der Waals surface area contributed by atoms with Gasteiger partial charge in [0, 0.05) is 31.4 Å². The fourth-order valence-electron chi connectivity index (χ4n) is 6.36. The van der Waals surface area contributed by atoms with Gasteiger partial charge in [0.1, 0.15) is 6.54 Å². The molecule has 8 heteroatoms. The molecule has 2 aliphatic carbocycles. The molecule has 0 unspecified atom stereocenters. The predicted molar refractivity (Wildman–Crippen MR) is 138 cm³/mol. The smallest absolute Gasteiger partial charge is 0.321 e. The Balaban J connectivity index is 1.30. The van der Waals surface area contributed by atoms with Gasteiger partial charge in [-0.15, -0.1) is 0 Å². The minimum atomic E-state index is -0.198. The molecule has 3 aliphatic rings. The largest absolute Gasteiger partial charge is 0.350 e. The molecular formula is C28H38N6O2. The van der Waals surface area contributed by atoms with Crippen LogP contribution in [0.5, 0.6) is 0 Å². The Morgan fingerprint density at radius 2 is 1.83 bits per heavy atom. The normalized spacial score (nSPS) is 26.5. The van der Waals surface area contributed by atoms with Crippen molar-refractivity contribution in [3.63, 3.8) is 0 Å². The topological polar surface area (TPSA) is 81.7 Å². The number of aromatic nitrogens is 2. The van der Waals surface area contributed by atoms with Crippen LogP contribution in [0.25, 0.3) is 0 Å². The lowest BCUT2D eigenvalue weighted by atomic mass is 9.68. The minimum absolute atomic E-state index is 0.0267. The molecule has 2 heterocycles. The fraction of sp³-hybridized carbons (Fsp3) is 0.571. The molecule has 1 spiro atoms. The van der Waals surface area contributed by atoms with Crippen LogP contribution in [0.3, 0.4) is 0 Å². The van der Waals surface area contributed by atoms with E-state index in [4.69, 9.17) is 0 Å². The second-order valence-electron chi connectivity index (χ2n) is 11.1. The summed E-state index contributed by atoms with van der Waals surface area (Å²) in [6, 6.07) is 12.6. The molecular weight excluding hydrogens is 452 g/mol. The molecule has 3 amide bonds. The van der Waals surface area contributed by atoms with Gasteiger partial charge in [-0.25, -0.2) is 4.79 Å². The maximum Gasteiger partial charge on any atom is 0.321 e. The minimum Gasteiger partial charge on any atom is -0.350 e. The van der Waals surface area contributed by atoms with E-state index >= 15 is 0 Å². The van der Waals surface area contributed by atoms with Crippen LogP contribution in [-0.2, 0) is 16.9 Å². The number of hydrogen-bond donors (Lipinski definition) is 1. The van der Waals surface area contributed by atoms with Gasteiger partial charge < -0.3 is 15.1 Å². The Morgan fingerprint density at radius 3 is 2.44 bits per heavy atom. The van der Waals surface area contributed by atoms with E-state index in [0.717, 1.165) is 37.8 Å². The summed E-state index contributed by atoms with van der Waals surface area (Å²) in [5.41, 5.74) is 2.01. The zero-order chi connectivity index (χ0) is 25.2. The number of hydrogen-bond acceptors (Lipinski definition) is 5. The summed E-state index contributed by atoms with van der Waals surface area (Å²) in [4.78, 5) is 32.8. The molecule has 36 heavy (non-hydrogen) atoms. The van der Waals surface area contributed by atoms with Crippen molar-refractivity contribution in [2.24, 2.45) is 5.92 Å². The predicted octanol–water partition coefficient (Wildman–Crippen LogP) is 3.40. The van der Waals surface area contributed by atoms with E-state index in [1.54, 1.807) is 17.3 Å². The van der Waals surface area contributed by atoms with Crippen molar-refractivity contribution in [2.45, 2.75) is 62.6 Å². The second-order valence-corrected chi connectivity index (χ2v) is 11.1. The highest BCUT2D eigenvalue weighted by Gasteiger charge is 2.55. The summed E-state index contributed by atoms with van der Waals surface area (Å²) >= 11 is 0. The molecule has 0 radical (unpaired) electrons. The van der Waals surface area contributed by atoms with Gasteiger partial charge in [0.25, 0.3) is 0 Å². The van der Waals surface area contributed by atoms with Crippen molar-refractivity contribution in [2.75, 3.05) is 33.7 Å². The molecule has 1 aromatic carbocycles. The first-order chi connectivity index (χ1) is 17.4. The van der Waals surface area contributed by atoms with Crippen molar-refractivity contribution in [1.29, 1.82) is 0 Å². The first-order valence-corrected chi connectivity index (χ1v) is 13.2. The Labute approximate surface area is 214 Å². The third kappa shape index (κ3) is 4.71. The number of carbonyl (C=O) groups excluding carboxylic acids is 2. The van der Waals surface area contributed by atoms with E-state index in [9.17, 15) is 9.59 Å². The summed E-state index contributed by atoms with van der Waals surface area (Å²) in [5, 5.41) is 10.6. The SMILES string of the molecule is CN(C)C1(c2ccccc2)CCC2(CC1)CN(CC(=O)NCc1ccnnc1)C(=O)N2CC1CCC1. The molecule has 5 rings (SSSR count). The number of urea groups is 1. The van der Waals surface area contributed by atoms with Gasteiger partial charge in [-0.3, -0.25) is 9.69 Å². The van der Waals surface area contributed by atoms with Crippen LogP contribution in [0.15, 0.2) is 48.8 Å². The molecule has 2 saturated carbocycles. The molecule has 0 bridgehead atoms. The van der Waals surface area contributed by atoms with Crippen LogP contribution in [0.1, 0.15) is 56.1 Å². The number of benzene rings is 1. The maximum atomic E-state index is 13.7. The van der Waals surface area contributed by atoms with Crippen molar-refractivity contribution in [1.82, 2.24) is 30.2 Å². The van der Waals surface area contributed by atoms with Gasteiger partial charge in [-0.1, -0.05) is 36.8 Å². The van der Waals surface area contributed by atoms with E-state index in [2.05, 4.69) is 69.7 Å². The Hall–Kier alpha value is -3.00. The van der Waals surface area contributed by atoms with Crippen molar-refractivity contribution in [3.8, 4) is 0 Å². The van der Waals surface area contributed by atoms with E-state index < -0.39 is 0 Å². The van der Waals surface area contributed by atoms with Crippen LogP contribution in [0.2, 0.25) is 0 Å². The number of nitrogens with one attached hydrogen (secondary N) is 1. The monoisotopic (exact) mass is 490 g/mol. The van der Waals surface area contributed by atoms with Gasteiger partial charge in [-0.2, -0.15) is 10.2 Å². The molecule has 8 nitrogen and oxygen atoms in total. The lowest BCUT2D eigenvalue weighted by Gasteiger charge is -2.51. The van der Waals surface area contributed by atoms with Crippen LogP contribution < -0.4 is 5.32 Å². The molecule has 192 valence electrons. The highest BCUT2D eigenvalue weighted by Crippen LogP contribution is 2.49. The van der Waals surface area contributed by atoms with Gasteiger partial charge in [-0.05, 0) is 75.7 Å². The summed E-state index contributed by atoms with van der Waals surface area (Å²) < 4.78 is 0. The standard InChI is InChI=1S/C28H38N6O2/c1-32(2)28(24-9-4-3-5-10-24)14-12-27(13-15-28)21-33(26(36)34(27)19-22-7-6-8-22)20-25(35)29-17-23-11-16-30-31-18-23/h3-5,9-11,16,18,22H,6-8,12-15,17,19-21H2,1-2H3,(H,29,35). The average Bonchev–Trinajstić information content (AvgIpc) is 3.11. The zero-order valence-corrected chi connectivity index (χ0v) is 21.5. The summed E-state index contributed by atoms with van der Waals surface area (Å²) in [7, 11) is 4.35. The van der Waals surface area contributed by atoms with Gasteiger partial charge >= 0.3 is 6.03 Å². The summed E-state index contributed by atoms with van der Waals surface area (Å²) in [5.74, 6) is 0.456. The van der Waals surface area contributed by atoms with E-state index in [1.165, 1.54) is 24.8 Å². The van der Waals surface area contributed by atoms with Crippen LogP contribution >= 0.6 is 0 Å². The average molecular weight is 491 g/mol. The van der Waals surface area contributed by atoms with Gasteiger partial charge in [0.05, 0.1) is 11.7 Å². The molecule has 1 aliphatic heterocycles. The van der Waals surface area contributed by atoms with Gasteiger partial charge in [0.2, 0.25) is 5.91 Å². The highest BCUT2D eigenvalue weighted by atomic mass is 16.2. The number of carbonyl (C=O) groups is 2. The summed E-state index contributed by atoms with van der Waals surface area (Å²) in [6.45, 7) is 1.93. The maximum absolute atomic E-state index is 13.7. The lowest BCUT2D eigenvalue weighted by Crippen LogP contribution is -2.56. The van der Waals surface area contributed by atoms with E-state index in [1.807, 2.05) is 6.07 Å². The lowest BCUT2D eigenvalue weighted by molar-refractivity contribution is -0.121. The molecule has 1 N–H and O–H groups in total. The summed E-state index contributed by atoms with van der Waals surface area (Å²) in [6.07, 6.45) is 10.8. The zero-order valence-electron chi connectivity index (χ0n) is 21.5. The Bertz CT molecular complexity index is 1050.